The van der Waals surface area contributed by atoms with Crippen molar-refractivity contribution in [2.45, 2.75) is 49.0 Å². The van der Waals surface area contributed by atoms with Gasteiger partial charge in [-0.05, 0) is 73.7 Å². The third-order valence-corrected chi connectivity index (χ3v) is 12.2. The molecule has 1 aliphatic carbocycles. The highest BCUT2D eigenvalue weighted by atomic mass is 33.1. The molecule has 4 rings (SSSR count). The highest BCUT2D eigenvalue weighted by Gasteiger charge is 2.46. The number of ketones is 1. The van der Waals surface area contributed by atoms with Gasteiger partial charge in [0.25, 0.3) is 10.0 Å². The molecule has 0 aliphatic heterocycles. The van der Waals surface area contributed by atoms with Gasteiger partial charge in [-0.25, -0.2) is 22.7 Å². The highest BCUT2D eigenvalue weighted by Crippen LogP contribution is 2.45. The minimum atomic E-state index is -4.24. The molecule has 1 unspecified atom stereocenters. The van der Waals surface area contributed by atoms with Crippen LogP contribution in [0, 0.1) is 11.3 Å². The average Bonchev–Trinajstić information content (AvgIpc) is 3.13. The van der Waals surface area contributed by atoms with Crippen LogP contribution in [0.4, 0.5) is 9.59 Å². The fourth-order valence-corrected chi connectivity index (χ4v) is 8.58. The van der Waals surface area contributed by atoms with Crippen molar-refractivity contribution in [1.82, 2.24) is 4.72 Å². The quantitative estimate of drug-likeness (QED) is 0.0595. The van der Waals surface area contributed by atoms with Crippen LogP contribution in [0.2, 0.25) is 0 Å². The maximum absolute atomic E-state index is 12.8. The maximum atomic E-state index is 12.8. The Morgan fingerprint density at radius 3 is 2.29 bits per heavy atom. The molecule has 3 atom stereocenters. The van der Waals surface area contributed by atoms with Crippen molar-refractivity contribution in [3.63, 3.8) is 0 Å². The van der Waals surface area contributed by atoms with Gasteiger partial charge in [0, 0.05) is 17.4 Å². The molecule has 1 fully saturated rings. The van der Waals surface area contributed by atoms with Gasteiger partial charge in [-0.2, -0.15) is 0 Å². The zero-order valence-corrected chi connectivity index (χ0v) is 31.0. The first kappa shape index (κ1) is 39.7. The largest absolute Gasteiger partial charge is 0.509 e. The summed E-state index contributed by atoms with van der Waals surface area (Å²) in [5.41, 5.74) is 7.11. The minimum Gasteiger partial charge on any atom is -0.497 e. The fourth-order valence-electron chi connectivity index (χ4n) is 6.04. The Morgan fingerprint density at radius 1 is 0.961 bits per heavy atom. The van der Waals surface area contributed by atoms with E-state index in [-0.39, 0.29) is 35.5 Å². The topological polar surface area (TPSA) is 184 Å². The zero-order valence-electron chi connectivity index (χ0n) is 28.5. The molecule has 1 saturated carbocycles. The summed E-state index contributed by atoms with van der Waals surface area (Å²) in [4.78, 5) is 37.2. The number of benzene rings is 3. The molecule has 0 spiro atoms. The number of ether oxygens (including phenoxy) is 4. The Hall–Kier alpha value is -4.05. The molecule has 0 radical (unpaired) electrons. The van der Waals surface area contributed by atoms with E-state index in [9.17, 15) is 22.8 Å². The third-order valence-electron chi connectivity index (χ3n) is 8.51. The second-order valence-electron chi connectivity index (χ2n) is 11.8. The predicted molar refractivity (Wildman–Crippen MR) is 198 cm³/mol. The van der Waals surface area contributed by atoms with E-state index >= 15 is 0 Å². The van der Waals surface area contributed by atoms with E-state index in [0.29, 0.717) is 41.3 Å². The summed E-state index contributed by atoms with van der Waals surface area (Å²) < 4.78 is 49.2. The number of rotatable bonds is 17. The lowest BCUT2D eigenvalue weighted by molar-refractivity contribution is -0.117. The number of Topliss-reactive ketones (excluding diaryl/α,β-unsaturated/α-hetero) is 1. The fraction of sp³-hybridized carbons (Fsp3) is 0.389. The van der Waals surface area contributed by atoms with Gasteiger partial charge < -0.3 is 30.1 Å². The first-order valence-corrected chi connectivity index (χ1v) is 20.4. The number of hydrogen-bond donors (Lipinski definition) is 3. The van der Waals surface area contributed by atoms with Gasteiger partial charge in [0.2, 0.25) is 0 Å². The van der Waals surface area contributed by atoms with Crippen LogP contribution in [-0.4, -0.2) is 70.5 Å². The van der Waals surface area contributed by atoms with Gasteiger partial charge in [-0.15, -0.1) is 0 Å². The van der Waals surface area contributed by atoms with Gasteiger partial charge in [-0.3, -0.25) is 4.79 Å². The Labute approximate surface area is 306 Å². The van der Waals surface area contributed by atoms with Gasteiger partial charge >= 0.3 is 12.2 Å². The number of sulfonamides is 1. The number of amides is 1. The molecule has 0 heterocycles. The summed E-state index contributed by atoms with van der Waals surface area (Å²) >= 11 is 0. The Morgan fingerprint density at radius 2 is 1.65 bits per heavy atom. The van der Waals surface area contributed by atoms with E-state index in [1.807, 2.05) is 35.1 Å². The molecule has 3 aromatic carbocycles. The van der Waals surface area contributed by atoms with Crippen molar-refractivity contribution in [3.8, 4) is 5.75 Å². The normalized spacial score (nSPS) is 17.8. The SMILES string of the molecule is COc1cccc([C@@]2(OC(=O)OCCSSCCOC(=O)NS(=O)(=O)c3ccc(C(=N)C(C(C)=O)c4ccccc4)cc3)CCCC[C@@H]2CN)c1. The average molecular weight is 758 g/mol. The van der Waals surface area contributed by atoms with Gasteiger partial charge in [0.15, 0.2) is 0 Å². The van der Waals surface area contributed by atoms with Crippen molar-refractivity contribution in [2.24, 2.45) is 11.7 Å². The maximum Gasteiger partial charge on any atom is 0.509 e. The summed E-state index contributed by atoms with van der Waals surface area (Å²) in [5, 5.41) is 8.57. The Kier molecular flexibility index (Phi) is 14.8. The van der Waals surface area contributed by atoms with Crippen molar-refractivity contribution >= 4 is 55.4 Å². The van der Waals surface area contributed by atoms with Crippen LogP contribution in [0.3, 0.4) is 0 Å². The van der Waals surface area contributed by atoms with Crippen molar-refractivity contribution < 1.29 is 41.7 Å². The predicted octanol–water partition coefficient (Wildman–Crippen LogP) is 6.43. The van der Waals surface area contributed by atoms with Crippen LogP contribution in [0.15, 0.2) is 83.8 Å². The van der Waals surface area contributed by atoms with Crippen molar-refractivity contribution in [2.75, 3.05) is 38.4 Å². The molecule has 0 bridgehead atoms. The number of nitrogens with one attached hydrogen (secondary N) is 2. The van der Waals surface area contributed by atoms with E-state index in [1.165, 1.54) is 52.8 Å². The summed E-state index contributed by atoms with van der Waals surface area (Å²) in [5.74, 6) is 0.391. The van der Waals surface area contributed by atoms with Crippen LogP contribution < -0.4 is 15.2 Å². The van der Waals surface area contributed by atoms with Gasteiger partial charge in [-0.1, -0.05) is 82.6 Å². The van der Waals surface area contributed by atoms with Crippen molar-refractivity contribution in [3.05, 3.63) is 95.6 Å². The molecule has 3 aromatic rings. The highest BCUT2D eigenvalue weighted by molar-refractivity contribution is 8.76. The Balaban J connectivity index is 1.17. The summed E-state index contributed by atoms with van der Waals surface area (Å²) in [7, 11) is 0.0979. The number of methoxy groups -OCH3 is 1. The van der Waals surface area contributed by atoms with E-state index in [2.05, 4.69) is 0 Å². The molecule has 1 aliphatic rings. The molecular weight excluding hydrogens is 715 g/mol. The lowest BCUT2D eigenvalue weighted by atomic mass is 9.71. The second kappa shape index (κ2) is 19.0. The van der Waals surface area contributed by atoms with E-state index < -0.39 is 33.8 Å². The Bertz CT molecular complexity index is 1760. The van der Waals surface area contributed by atoms with E-state index in [4.69, 9.17) is 30.1 Å². The minimum absolute atomic E-state index is 0.0322. The molecule has 0 aromatic heterocycles. The van der Waals surface area contributed by atoms with Crippen LogP contribution in [0.25, 0.3) is 0 Å². The lowest BCUT2D eigenvalue weighted by Gasteiger charge is -2.43. The molecule has 15 heteroatoms. The molecule has 12 nitrogen and oxygen atoms in total. The monoisotopic (exact) mass is 757 g/mol. The summed E-state index contributed by atoms with van der Waals surface area (Å²) in [6.45, 7) is 1.80. The van der Waals surface area contributed by atoms with Crippen LogP contribution >= 0.6 is 21.6 Å². The van der Waals surface area contributed by atoms with Crippen LogP contribution in [0.1, 0.15) is 55.2 Å². The second-order valence-corrected chi connectivity index (χ2v) is 16.2. The number of hydrogen-bond acceptors (Lipinski definition) is 13. The summed E-state index contributed by atoms with van der Waals surface area (Å²) in [6.07, 6.45) is 1.45. The molecule has 274 valence electrons. The van der Waals surface area contributed by atoms with E-state index in [1.54, 1.807) is 31.4 Å². The smallest absolute Gasteiger partial charge is 0.497 e. The molecular formula is C36H43N3O9S3. The number of nitrogens with two attached hydrogens (primary N) is 1. The number of carbonyl (C=O) groups excluding carboxylic acids is 3. The number of carbonyl (C=O) groups is 3. The molecule has 4 N–H and O–H groups in total. The molecule has 1 amide bonds. The zero-order chi connectivity index (χ0) is 36.9. The first-order chi connectivity index (χ1) is 24.5. The van der Waals surface area contributed by atoms with E-state index in [0.717, 1.165) is 24.8 Å². The van der Waals surface area contributed by atoms with Gasteiger partial charge in [0.1, 0.15) is 30.3 Å². The van der Waals surface area contributed by atoms with Crippen LogP contribution in [0.5, 0.6) is 5.75 Å². The standard InChI is InChI=1S/C36H43N3O9S3/c1-25(40)32(26-9-4-3-5-10-26)33(38)27-14-16-31(17-15-27)51(43,44)39-34(41)46-19-21-49-50-22-20-47-35(42)48-36(18-7-6-11-29(36)24-37)28-12-8-13-30(23-28)45-2/h3-5,8-10,12-17,23,29,32,38H,6-7,11,18-22,24,37H2,1-2H3,(H,39,41)/t29-,32?,36+/m1/s1. The van der Waals surface area contributed by atoms with Gasteiger partial charge in [0.05, 0.1) is 23.6 Å². The molecule has 51 heavy (non-hydrogen) atoms. The summed E-state index contributed by atoms with van der Waals surface area (Å²) in [6, 6.07) is 21.7. The lowest BCUT2D eigenvalue weighted by Crippen LogP contribution is -2.45. The third kappa shape index (κ3) is 10.7. The first-order valence-electron chi connectivity index (χ1n) is 16.4. The van der Waals surface area contributed by atoms with Crippen molar-refractivity contribution in [1.29, 1.82) is 5.41 Å². The molecule has 0 saturated heterocycles. The van der Waals surface area contributed by atoms with Crippen LogP contribution in [-0.2, 0) is 34.6 Å².